The molecule has 21 heavy (non-hydrogen) atoms. The summed E-state index contributed by atoms with van der Waals surface area (Å²) < 4.78 is 0. The summed E-state index contributed by atoms with van der Waals surface area (Å²) in [5, 5.41) is 12.6. The van der Waals surface area contributed by atoms with Gasteiger partial charge in [0.15, 0.2) is 0 Å². The number of carbonyl (C=O) groups is 1. The van der Waals surface area contributed by atoms with Crippen LogP contribution in [0.3, 0.4) is 0 Å². The molecule has 2 heterocycles. The minimum atomic E-state index is -0.663. The minimum absolute atomic E-state index is 0.201. The van der Waals surface area contributed by atoms with E-state index in [9.17, 15) is 4.79 Å². The quantitative estimate of drug-likeness (QED) is 0.892. The van der Waals surface area contributed by atoms with Gasteiger partial charge in [-0.05, 0) is 44.2 Å². The number of pyridine rings is 1. The molecule has 5 heteroatoms. The smallest absolute Gasteiger partial charge is 0.306 e. The molecule has 2 atom stereocenters. The first kappa shape index (κ1) is 14.2. The van der Waals surface area contributed by atoms with Gasteiger partial charge in [-0.2, -0.15) is 0 Å². The summed E-state index contributed by atoms with van der Waals surface area (Å²) in [7, 11) is 0. The molecule has 1 saturated carbocycles. The summed E-state index contributed by atoms with van der Waals surface area (Å²) in [4.78, 5) is 17.9. The Morgan fingerprint density at radius 1 is 1.24 bits per heavy atom. The summed E-state index contributed by atoms with van der Waals surface area (Å²) in [6.07, 6.45) is 7.91. The maximum Gasteiger partial charge on any atom is 0.306 e. The minimum Gasteiger partial charge on any atom is -0.481 e. The largest absolute Gasteiger partial charge is 0.481 e. The van der Waals surface area contributed by atoms with Crippen LogP contribution in [0.4, 0.5) is 11.5 Å². The molecule has 1 aliphatic carbocycles. The molecule has 1 aromatic rings. The van der Waals surface area contributed by atoms with Crippen LogP contribution in [-0.4, -0.2) is 35.2 Å². The molecule has 0 radical (unpaired) electrons. The van der Waals surface area contributed by atoms with Crippen LogP contribution < -0.4 is 10.2 Å². The molecule has 5 nitrogen and oxygen atoms in total. The summed E-state index contributed by atoms with van der Waals surface area (Å²) in [5.41, 5.74) is 0.994. The topological polar surface area (TPSA) is 65.5 Å². The molecule has 2 N–H and O–H groups in total. The Hall–Kier alpha value is -1.78. The highest BCUT2D eigenvalue weighted by molar-refractivity contribution is 5.70. The molecule has 3 rings (SSSR count). The van der Waals surface area contributed by atoms with Crippen molar-refractivity contribution in [1.82, 2.24) is 4.98 Å². The second-order valence-electron chi connectivity index (χ2n) is 6.14. The summed E-state index contributed by atoms with van der Waals surface area (Å²) >= 11 is 0. The molecule has 114 valence electrons. The number of aliphatic carboxylic acids is 1. The second-order valence-corrected chi connectivity index (χ2v) is 6.14. The van der Waals surface area contributed by atoms with Gasteiger partial charge in [-0.15, -0.1) is 0 Å². The normalized spacial score (nSPS) is 25.8. The Kier molecular flexibility index (Phi) is 4.27. The number of carboxylic acids is 1. The fourth-order valence-corrected chi connectivity index (χ4v) is 3.39. The van der Waals surface area contributed by atoms with Crippen LogP contribution in [-0.2, 0) is 4.79 Å². The van der Waals surface area contributed by atoms with E-state index in [1.807, 2.05) is 6.20 Å². The van der Waals surface area contributed by atoms with Gasteiger partial charge in [-0.25, -0.2) is 4.98 Å². The van der Waals surface area contributed by atoms with Crippen LogP contribution in [0.15, 0.2) is 18.3 Å². The number of hydrogen-bond donors (Lipinski definition) is 2. The molecule has 0 aromatic carbocycles. The highest BCUT2D eigenvalue weighted by atomic mass is 16.4. The van der Waals surface area contributed by atoms with Gasteiger partial charge in [0, 0.05) is 19.1 Å². The number of rotatable bonds is 4. The van der Waals surface area contributed by atoms with Crippen molar-refractivity contribution in [3.05, 3.63) is 18.3 Å². The van der Waals surface area contributed by atoms with Crippen LogP contribution in [0.2, 0.25) is 0 Å². The van der Waals surface area contributed by atoms with Crippen molar-refractivity contribution in [2.75, 3.05) is 23.3 Å². The second kappa shape index (κ2) is 6.33. The lowest BCUT2D eigenvalue weighted by atomic mass is 9.86. The predicted molar refractivity (Wildman–Crippen MR) is 82.7 cm³/mol. The van der Waals surface area contributed by atoms with Gasteiger partial charge in [0.25, 0.3) is 0 Å². The third-order valence-electron chi connectivity index (χ3n) is 4.57. The van der Waals surface area contributed by atoms with Crippen molar-refractivity contribution in [2.24, 2.45) is 5.92 Å². The number of hydrogen-bond acceptors (Lipinski definition) is 4. The first-order valence-corrected chi connectivity index (χ1v) is 7.93. The zero-order valence-corrected chi connectivity index (χ0v) is 12.3. The zero-order chi connectivity index (χ0) is 14.7. The van der Waals surface area contributed by atoms with Gasteiger partial charge in [-0.3, -0.25) is 4.79 Å². The van der Waals surface area contributed by atoms with Gasteiger partial charge in [0.05, 0.1) is 17.8 Å². The van der Waals surface area contributed by atoms with E-state index in [0.29, 0.717) is 6.42 Å². The predicted octanol–water partition coefficient (Wildman–Crippen LogP) is 2.74. The van der Waals surface area contributed by atoms with Crippen molar-refractivity contribution < 1.29 is 9.90 Å². The average Bonchev–Trinajstić information content (AvgIpc) is 3.02. The van der Waals surface area contributed by atoms with Crippen molar-refractivity contribution in [3.63, 3.8) is 0 Å². The molecule has 1 saturated heterocycles. The third-order valence-corrected chi connectivity index (χ3v) is 4.57. The van der Waals surface area contributed by atoms with Gasteiger partial charge < -0.3 is 15.3 Å². The SMILES string of the molecule is O=C(O)C1CCCC(Nc2ccc(N3CCCC3)nc2)C1. The van der Waals surface area contributed by atoms with E-state index < -0.39 is 5.97 Å². The first-order chi connectivity index (χ1) is 10.2. The highest BCUT2D eigenvalue weighted by Gasteiger charge is 2.26. The van der Waals surface area contributed by atoms with E-state index in [-0.39, 0.29) is 12.0 Å². The zero-order valence-electron chi connectivity index (χ0n) is 12.3. The lowest BCUT2D eigenvalue weighted by Gasteiger charge is -2.28. The number of anilines is 2. The van der Waals surface area contributed by atoms with E-state index >= 15 is 0 Å². The Labute approximate surface area is 125 Å². The molecular formula is C16H23N3O2. The molecule has 1 aliphatic heterocycles. The Balaban J connectivity index is 1.58. The van der Waals surface area contributed by atoms with Crippen LogP contribution in [0.1, 0.15) is 38.5 Å². The maximum atomic E-state index is 11.1. The number of aromatic nitrogens is 1. The van der Waals surface area contributed by atoms with E-state index in [0.717, 1.165) is 43.9 Å². The van der Waals surface area contributed by atoms with Crippen molar-refractivity contribution in [1.29, 1.82) is 0 Å². The van der Waals surface area contributed by atoms with Crippen molar-refractivity contribution >= 4 is 17.5 Å². The summed E-state index contributed by atoms with van der Waals surface area (Å²) in [6, 6.07) is 4.37. The van der Waals surface area contributed by atoms with Gasteiger partial charge >= 0.3 is 5.97 Å². The van der Waals surface area contributed by atoms with E-state index in [1.54, 1.807) is 0 Å². The summed E-state index contributed by atoms with van der Waals surface area (Å²) in [6.45, 7) is 2.20. The molecular weight excluding hydrogens is 266 g/mol. The molecule has 0 amide bonds. The molecule has 2 aliphatic rings. The molecule has 1 aromatic heterocycles. The van der Waals surface area contributed by atoms with Gasteiger partial charge in [0.1, 0.15) is 5.82 Å². The lowest BCUT2D eigenvalue weighted by molar-refractivity contribution is -0.142. The molecule has 2 fully saturated rings. The monoisotopic (exact) mass is 289 g/mol. The van der Waals surface area contributed by atoms with E-state index in [2.05, 4.69) is 27.3 Å². The van der Waals surface area contributed by atoms with Crippen LogP contribution in [0, 0.1) is 5.92 Å². The number of nitrogens with zero attached hydrogens (tertiary/aromatic N) is 2. The van der Waals surface area contributed by atoms with Gasteiger partial charge in [0.2, 0.25) is 0 Å². The fraction of sp³-hybridized carbons (Fsp3) is 0.625. The van der Waals surface area contributed by atoms with E-state index in [1.165, 1.54) is 12.8 Å². The Bertz CT molecular complexity index is 483. The Morgan fingerprint density at radius 3 is 2.71 bits per heavy atom. The van der Waals surface area contributed by atoms with Crippen LogP contribution in [0.25, 0.3) is 0 Å². The van der Waals surface area contributed by atoms with Crippen molar-refractivity contribution in [2.45, 2.75) is 44.6 Å². The number of carboxylic acid groups (broad SMARTS) is 1. The average molecular weight is 289 g/mol. The lowest BCUT2D eigenvalue weighted by Crippen LogP contribution is -2.31. The van der Waals surface area contributed by atoms with Crippen LogP contribution >= 0.6 is 0 Å². The van der Waals surface area contributed by atoms with E-state index in [4.69, 9.17) is 5.11 Å². The fourth-order valence-electron chi connectivity index (χ4n) is 3.39. The highest BCUT2D eigenvalue weighted by Crippen LogP contribution is 2.27. The van der Waals surface area contributed by atoms with Crippen molar-refractivity contribution in [3.8, 4) is 0 Å². The van der Waals surface area contributed by atoms with Gasteiger partial charge in [-0.1, -0.05) is 6.42 Å². The molecule has 2 unspecified atom stereocenters. The van der Waals surface area contributed by atoms with Crippen LogP contribution in [0.5, 0.6) is 0 Å². The number of nitrogens with one attached hydrogen (secondary N) is 1. The summed E-state index contributed by atoms with van der Waals surface area (Å²) in [5.74, 6) is 0.183. The maximum absolute atomic E-state index is 11.1. The first-order valence-electron chi connectivity index (χ1n) is 7.93. The molecule has 0 spiro atoms. The molecule has 0 bridgehead atoms. The third kappa shape index (κ3) is 3.46. The standard InChI is InChI=1S/C16H23N3O2/c20-16(21)12-4-3-5-13(10-12)18-14-6-7-15(17-11-14)19-8-1-2-9-19/h6-7,11-13,18H,1-5,8-10H2,(H,20,21). The Morgan fingerprint density at radius 2 is 2.05 bits per heavy atom.